The van der Waals surface area contributed by atoms with Crippen molar-refractivity contribution >= 4 is 11.8 Å². The lowest BCUT2D eigenvalue weighted by Crippen LogP contribution is -2.48. The summed E-state index contributed by atoms with van der Waals surface area (Å²) in [6.07, 6.45) is 1.26. The zero-order chi connectivity index (χ0) is 9.14. The number of nitrogens with one attached hydrogen (secondary N) is 1. The normalized spacial score (nSPS) is 29.8. The van der Waals surface area contributed by atoms with Crippen LogP contribution >= 0.6 is 0 Å². The Labute approximate surface area is 70.3 Å². The molecule has 1 aliphatic rings. The van der Waals surface area contributed by atoms with E-state index in [9.17, 15) is 9.59 Å². The Morgan fingerprint density at radius 3 is 2.83 bits per heavy atom. The summed E-state index contributed by atoms with van der Waals surface area (Å²) in [5.41, 5.74) is 0. The van der Waals surface area contributed by atoms with Crippen molar-refractivity contribution in [3.8, 4) is 0 Å². The van der Waals surface area contributed by atoms with Gasteiger partial charge in [0.25, 0.3) is 5.91 Å². The van der Waals surface area contributed by atoms with Crippen molar-refractivity contribution in [1.82, 2.24) is 5.32 Å². The first-order valence-electron chi connectivity index (χ1n) is 3.79. The van der Waals surface area contributed by atoms with E-state index >= 15 is 0 Å². The van der Waals surface area contributed by atoms with Crippen LogP contribution in [-0.2, 0) is 9.59 Å². The molecule has 1 saturated heterocycles. The highest BCUT2D eigenvalue weighted by atomic mass is 16.3. The van der Waals surface area contributed by atoms with Gasteiger partial charge in [0.1, 0.15) is 6.10 Å². The van der Waals surface area contributed by atoms with Gasteiger partial charge in [-0.15, -0.1) is 6.58 Å². The first kappa shape index (κ1) is 8.93. The molecule has 1 rings (SSSR count). The molecular formula is C8H11NO3. The second-order valence-corrected chi connectivity index (χ2v) is 2.83. The highest BCUT2D eigenvalue weighted by Crippen LogP contribution is 2.16. The van der Waals surface area contributed by atoms with Crippen LogP contribution < -0.4 is 5.32 Å². The Morgan fingerprint density at radius 2 is 2.25 bits per heavy atom. The van der Waals surface area contributed by atoms with E-state index in [4.69, 9.17) is 5.11 Å². The Bertz CT molecular complexity index is 224. The maximum absolute atomic E-state index is 11.0. The molecule has 0 saturated carbocycles. The van der Waals surface area contributed by atoms with E-state index in [0.717, 1.165) is 0 Å². The van der Waals surface area contributed by atoms with E-state index in [1.54, 1.807) is 6.08 Å². The molecule has 2 atom stereocenters. The quantitative estimate of drug-likeness (QED) is 0.436. The number of carbonyl (C=O) groups is 2. The van der Waals surface area contributed by atoms with Crippen molar-refractivity contribution in [1.29, 1.82) is 0 Å². The minimum Gasteiger partial charge on any atom is -0.383 e. The summed E-state index contributed by atoms with van der Waals surface area (Å²) in [5.74, 6) is -1.22. The van der Waals surface area contributed by atoms with Gasteiger partial charge in [0.05, 0.1) is 0 Å². The molecule has 2 unspecified atom stereocenters. The van der Waals surface area contributed by atoms with E-state index in [1.807, 2.05) is 0 Å². The highest BCUT2D eigenvalue weighted by molar-refractivity contribution is 6.00. The molecule has 66 valence electrons. The van der Waals surface area contributed by atoms with Gasteiger partial charge < -0.3 is 5.11 Å². The van der Waals surface area contributed by atoms with Crippen LogP contribution in [0.15, 0.2) is 12.7 Å². The van der Waals surface area contributed by atoms with Gasteiger partial charge in [0.15, 0.2) is 0 Å². The number of piperidine rings is 1. The fourth-order valence-electron chi connectivity index (χ4n) is 1.19. The third-order valence-corrected chi connectivity index (χ3v) is 1.88. The van der Waals surface area contributed by atoms with E-state index < -0.39 is 12.0 Å². The molecule has 0 aromatic rings. The largest absolute Gasteiger partial charge is 0.383 e. The third kappa shape index (κ3) is 1.71. The van der Waals surface area contributed by atoms with Crippen molar-refractivity contribution in [2.24, 2.45) is 5.92 Å². The smallest absolute Gasteiger partial charge is 0.255 e. The number of imide groups is 1. The molecule has 0 aliphatic carbocycles. The summed E-state index contributed by atoms with van der Waals surface area (Å²) < 4.78 is 0. The number of amides is 2. The Morgan fingerprint density at radius 1 is 1.58 bits per heavy atom. The van der Waals surface area contributed by atoms with E-state index in [2.05, 4.69) is 11.9 Å². The van der Waals surface area contributed by atoms with Crippen molar-refractivity contribution in [2.75, 3.05) is 0 Å². The van der Waals surface area contributed by atoms with Crippen LogP contribution in [0.5, 0.6) is 0 Å². The number of aliphatic hydroxyl groups is 1. The zero-order valence-corrected chi connectivity index (χ0v) is 6.62. The standard InChI is InChI=1S/C8H11NO3/c1-2-3-5-4-6(10)8(12)9-7(5)11/h2,5-6,10H,1,3-4H2,(H,9,11,12). The molecule has 2 N–H and O–H groups in total. The second-order valence-electron chi connectivity index (χ2n) is 2.83. The molecule has 1 aliphatic heterocycles. The maximum atomic E-state index is 11.0. The van der Waals surface area contributed by atoms with E-state index in [0.29, 0.717) is 6.42 Å². The van der Waals surface area contributed by atoms with Gasteiger partial charge in [-0.3, -0.25) is 14.9 Å². The number of rotatable bonds is 2. The predicted octanol–water partition coefficient (Wildman–Crippen LogP) is -0.414. The van der Waals surface area contributed by atoms with Crippen molar-refractivity contribution in [3.63, 3.8) is 0 Å². The molecule has 1 fully saturated rings. The first-order valence-corrected chi connectivity index (χ1v) is 3.79. The van der Waals surface area contributed by atoms with Crippen molar-refractivity contribution < 1.29 is 14.7 Å². The van der Waals surface area contributed by atoms with Crippen LogP contribution in [0.1, 0.15) is 12.8 Å². The zero-order valence-electron chi connectivity index (χ0n) is 6.62. The molecule has 0 radical (unpaired) electrons. The molecule has 0 aromatic heterocycles. The minimum absolute atomic E-state index is 0.205. The SMILES string of the molecule is C=CCC1CC(O)C(=O)NC1=O. The van der Waals surface area contributed by atoms with Crippen molar-refractivity contribution in [3.05, 3.63) is 12.7 Å². The number of allylic oxidation sites excluding steroid dienone is 1. The number of carbonyl (C=O) groups excluding carboxylic acids is 2. The summed E-state index contributed by atoms with van der Waals surface area (Å²) in [6, 6.07) is 0. The molecule has 2 amide bonds. The molecule has 0 spiro atoms. The van der Waals surface area contributed by atoms with Crippen LogP contribution in [0.3, 0.4) is 0 Å². The van der Waals surface area contributed by atoms with Crippen molar-refractivity contribution in [2.45, 2.75) is 18.9 Å². The lowest BCUT2D eigenvalue weighted by molar-refractivity contribution is -0.143. The number of hydrogen-bond acceptors (Lipinski definition) is 3. The summed E-state index contributed by atoms with van der Waals surface area (Å²) in [5, 5.41) is 11.2. The summed E-state index contributed by atoms with van der Waals surface area (Å²) in [7, 11) is 0. The van der Waals surface area contributed by atoms with E-state index in [-0.39, 0.29) is 18.2 Å². The van der Waals surface area contributed by atoms with E-state index in [1.165, 1.54) is 0 Å². The summed E-state index contributed by atoms with van der Waals surface area (Å²) >= 11 is 0. The molecule has 4 heteroatoms. The van der Waals surface area contributed by atoms with Gasteiger partial charge in [-0.25, -0.2) is 0 Å². The number of hydrogen-bond donors (Lipinski definition) is 2. The van der Waals surface area contributed by atoms with Crippen LogP contribution in [0.2, 0.25) is 0 Å². The van der Waals surface area contributed by atoms with Crippen LogP contribution in [0.4, 0.5) is 0 Å². The monoisotopic (exact) mass is 169 g/mol. The average molecular weight is 169 g/mol. The van der Waals surface area contributed by atoms with Crippen LogP contribution in [-0.4, -0.2) is 23.0 Å². The van der Waals surface area contributed by atoms with Gasteiger partial charge in [-0.2, -0.15) is 0 Å². The third-order valence-electron chi connectivity index (χ3n) is 1.88. The second kappa shape index (κ2) is 3.49. The molecule has 0 aromatic carbocycles. The number of aliphatic hydroxyl groups excluding tert-OH is 1. The predicted molar refractivity (Wildman–Crippen MR) is 42.1 cm³/mol. The first-order chi connectivity index (χ1) is 5.65. The molecule has 12 heavy (non-hydrogen) atoms. The van der Waals surface area contributed by atoms with Gasteiger partial charge in [-0.05, 0) is 12.8 Å². The Kier molecular flexibility index (Phi) is 2.60. The van der Waals surface area contributed by atoms with Gasteiger partial charge in [-0.1, -0.05) is 6.08 Å². The van der Waals surface area contributed by atoms with Gasteiger partial charge >= 0.3 is 0 Å². The van der Waals surface area contributed by atoms with Gasteiger partial charge in [0.2, 0.25) is 5.91 Å². The van der Waals surface area contributed by atoms with Gasteiger partial charge in [0, 0.05) is 5.92 Å². The maximum Gasteiger partial charge on any atom is 0.255 e. The fourth-order valence-corrected chi connectivity index (χ4v) is 1.19. The average Bonchev–Trinajstić information content (AvgIpc) is 2.01. The molecular weight excluding hydrogens is 158 g/mol. The molecule has 1 heterocycles. The Balaban J connectivity index is 2.61. The lowest BCUT2D eigenvalue weighted by atomic mass is 9.93. The molecule has 0 bridgehead atoms. The topological polar surface area (TPSA) is 66.4 Å². The highest BCUT2D eigenvalue weighted by Gasteiger charge is 2.32. The fraction of sp³-hybridized carbons (Fsp3) is 0.500. The summed E-state index contributed by atoms with van der Waals surface area (Å²) in [6.45, 7) is 3.49. The Hall–Kier alpha value is -1.16. The summed E-state index contributed by atoms with van der Waals surface area (Å²) in [4.78, 5) is 21.8. The minimum atomic E-state index is -1.05. The van der Waals surface area contributed by atoms with Crippen LogP contribution in [0.25, 0.3) is 0 Å². The van der Waals surface area contributed by atoms with Crippen LogP contribution in [0, 0.1) is 5.92 Å². The molecule has 4 nitrogen and oxygen atoms in total. The lowest BCUT2D eigenvalue weighted by Gasteiger charge is -2.23.